The molecule has 0 aliphatic rings. The van der Waals surface area contributed by atoms with Gasteiger partial charge in [-0.05, 0) is 63.7 Å². The van der Waals surface area contributed by atoms with Crippen molar-refractivity contribution in [2.45, 2.75) is 0 Å². The Labute approximate surface area is 119 Å². The molecular weight excluding hydrogens is 464 g/mol. The summed E-state index contributed by atoms with van der Waals surface area (Å²) in [6, 6.07) is 0. The minimum absolute atomic E-state index is 0.0375. The van der Waals surface area contributed by atoms with E-state index < -0.39 is 5.97 Å². The molecule has 0 amide bonds. The molecule has 7 heteroatoms. The summed E-state index contributed by atoms with van der Waals surface area (Å²) in [6.45, 7) is 0. The lowest BCUT2D eigenvalue weighted by molar-refractivity contribution is 0.0695. The van der Waals surface area contributed by atoms with Crippen LogP contribution in [-0.4, -0.2) is 17.4 Å². The zero-order chi connectivity index (χ0) is 11.7. The summed E-state index contributed by atoms with van der Waals surface area (Å²) in [6.07, 6.45) is 1.60. The third-order valence-corrected chi connectivity index (χ3v) is 6.35. The summed E-state index contributed by atoms with van der Waals surface area (Å²) in [7, 11) is 0. The fourth-order valence-corrected chi connectivity index (χ4v) is 3.30. The Morgan fingerprint density at radius 1 is 1.00 bits per heavy atom. The number of carboxylic acids is 1. The molecule has 1 rings (SSSR count). The molecule has 0 spiro atoms. The van der Waals surface area contributed by atoms with Gasteiger partial charge in [0.15, 0.2) is 0 Å². The van der Waals surface area contributed by atoms with E-state index in [-0.39, 0.29) is 11.1 Å². The van der Waals surface area contributed by atoms with Crippen molar-refractivity contribution in [2.75, 3.05) is 0 Å². The van der Waals surface area contributed by atoms with Gasteiger partial charge in [-0.2, -0.15) is 0 Å². The van der Waals surface area contributed by atoms with Crippen molar-refractivity contribution in [1.29, 1.82) is 0 Å². The Hall–Kier alpha value is 0.280. The number of carbonyl (C=O) groups excluding carboxylic acids is 1. The van der Waals surface area contributed by atoms with Crippen LogP contribution in [0.5, 0.6) is 0 Å². The van der Waals surface area contributed by atoms with Gasteiger partial charge in [-0.3, -0.25) is 4.79 Å². The van der Waals surface area contributed by atoms with Crippen LogP contribution in [0.15, 0.2) is 17.9 Å². The average Bonchev–Trinajstić information content (AvgIpc) is 2.19. The topological polar surface area (TPSA) is 54.4 Å². The zero-order valence-electron chi connectivity index (χ0n) is 6.78. The van der Waals surface area contributed by atoms with E-state index in [0.717, 1.165) is 0 Å². The van der Waals surface area contributed by atoms with Crippen LogP contribution in [0.25, 0.3) is 0 Å². The number of hydrogen-bond donors (Lipinski definition) is 1. The van der Waals surface area contributed by atoms with E-state index >= 15 is 0 Å². The Balaban J connectivity index is 3.78. The molecule has 1 N–H and O–H groups in total. The summed E-state index contributed by atoms with van der Waals surface area (Å²) >= 11 is 12.6. The molecule has 15 heavy (non-hydrogen) atoms. The quantitative estimate of drug-likeness (QED) is 0.534. The third kappa shape index (κ3) is 2.35. The van der Waals surface area contributed by atoms with Gasteiger partial charge in [-0.25, -0.2) is 4.79 Å². The van der Waals surface area contributed by atoms with Crippen LogP contribution in [0.4, 0.5) is 0 Å². The Bertz CT molecular complexity index is 456. The number of benzene rings is 1. The maximum Gasteiger partial charge on any atom is 0.337 e. The van der Waals surface area contributed by atoms with Crippen molar-refractivity contribution >= 4 is 76.0 Å². The number of hydrogen-bond acceptors (Lipinski definition) is 2. The first kappa shape index (κ1) is 13.3. The lowest BCUT2D eigenvalue weighted by Gasteiger charge is -2.09. The number of aromatic carboxylic acids is 1. The maximum absolute atomic E-state index is 11.0. The molecule has 0 atom stereocenters. The zero-order valence-corrected chi connectivity index (χ0v) is 13.1. The highest BCUT2D eigenvalue weighted by Gasteiger charge is 2.23. The molecule has 79 valence electrons. The number of carboxylic acid groups (broad SMARTS) is 1. The molecule has 1 aromatic rings. The Kier molecular flexibility index (Phi) is 4.51. The maximum atomic E-state index is 11.0. The molecule has 1 aromatic carbocycles. The number of rotatable bonds is 2. The van der Waals surface area contributed by atoms with Crippen molar-refractivity contribution in [3.05, 3.63) is 29.0 Å². The largest absolute Gasteiger partial charge is 0.478 e. The van der Waals surface area contributed by atoms with Crippen LogP contribution in [0.2, 0.25) is 0 Å². The second-order valence-corrected chi connectivity index (χ2v) is 5.59. The lowest BCUT2D eigenvalue weighted by Crippen LogP contribution is -2.05. The fourth-order valence-electron chi connectivity index (χ4n) is 0.928. The molecule has 0 fully saturated rings. The molecule has 0 aromatic heterocycles. The minimum atomic E-state index is -1.20. The third-order valence-electron chi connectivity index (χ3n) is 1.58. The van der Waals surface area contributed by atoms with Gasteiger partial charge in [0.2, 0.25) is 6.29 Å². The second-order valence-electron chi connectivity index (χ2n) is 2.41. The van der Waals surface area contributed by atoms with Crippen molar-refractivity contribution in [1.82, 2.24) is 0 Å². The van der Waals surface area contributed by atoms with Gasteiger partial charge in [0, 0.05) is 17.9 Å². The van der Waals surface area contributed by atoms with Gasteiger partial charge in [-0.15, -0.1) is 0 Å². The van der Waals surface area contributed by atoms with E-state index in [1.165, 1.54) is 0 Å². The van der Waals surface area contributed by atoms with Crippen molar-refractivity contribution in [3.63, 3.8) is 0 Å². The first-order valence-corrected chi connectivity index (χ1v) is 6.56. The first-order chi connectivity index (χ1) is 6.91. The van der Waals surface area contributed by atoms with Gasteiger partial charge in [0.25, 0.3) is 0 Å². The molecule has 0 bridgehead atoms. The van der Waals surface area contributed by atoms with Crippen molar-refractivity contribution in [2.24, 2.45) is 0 Å². The summed E-state index contributed by atoms with van der Waals surface area (Å²) in [5.74, 6) is -1.20. The molecule has 0 aliphatic heterocycles. The molecule has 0 saturated carbocycles. The van der Waals surface area contributed by atoms with Crippen LogP contribution >= 0.6 is 63.7 Å². The van der Waals surface area contributed by atoms with Crippen molar-refractivity contribution < 1.29 is 14.7 Å². The predicted molar refractivity (Wildman–Crippen MR) is 69.0 cm³/mol. The highest BCUT2D eigenvalue weighted by atomic mass is 79.9. The summed E-state index contributed by atoms with van der Waals surface area (Å²) < 4.78 is 1.72. The van der Waals surface area contributed by atoms with E-state index in [0.29, 0.717) is 17.9 Å². The predicted octanol–water partition coefficient (Wildman–Crippen LogP) is 3.89. The van der Waals surface area contributed by atoms with Crippen molar-refractivity contribution in [3.8, 4) is 0 Å². The van der Waals surface area contributed by atoms with Gasteiger partial charge < -0.3 is 5.11 Å². The minimum Gasteiger partial charge on any atom is -0.478 e. The monoisotopic (exact) mass is 461 g/mol. The second kappa shape index (κ2) is 5.07. The van der Waals surface area contributed by atoms with E-state index in [2.05, 4.69) is 63.7 Å². The SMILES string of the molecule is O=[C]c1c(Br)c(Br)c(Br)c(Br)c1C(=O)O. The molecular formula is C8HBr4O3. The lowest BCUT2D eigenvalue weighted by atomic mass is 10.1. The first-order valence-electron chi connectivity index (χ1n) is 3.39. The summed E-state index contributed by atoms with van der Waals surface area (Å²) in [5.41, 5.74) is -0.170. The normalized spacial score (nSPS) is 10.1. The van der Waals surface area contributed by atoms with Crippen LogP contribution in [0, 0.1) is 0 Å². The Morgan fingerprint density at radius 2 is 1.47 bits per heavy atom. The number of carbonyl (C=O) groups is 1. The van der Waals surface area contributed by atoms with Crippen LogP contribution < -0.4 is 0 Å². The highest BCUT2D eigenvalue weighted by molar-refractivity contribution is 9.15. The molecule has 0 aliphatic carbocycles. The standard InChI is InChI=1S/C8HBr4O3/c9-4-2(1-13)3(8(14)15)5(10)7(12)6(4)11/h(H,14,15). The molecule has 1 radical (unpaired) electrons. The number of halogens is 4. The molecule has 0 heterocycles. The van der Waals surface area contributed by atoms with E-state index in [1.54, 1.807) is 6.29 Å². The van der Waals surface area contributed by atoms with E-state index in [1.807, 2.05) is 0 Å². The molecule has 3 nitrogen and oxygen atoms in total. The van der Waals surface area contributed by atoms with Gasteiger partial charge in [-0.1, -0.05) is 0 Å². The summed E-state index contributed by atoms with van der Waals surface area (Å²) in [5, 5.41) is 8.95. The Morgan fingerprint density at radius 3 is 1.87 bits per heavy atom. The summed E-state index contributed by atoms with van der Waals surface area (Å²) in [4.78, 5) is 21.6. The van der Waals surface area contributed by atoms with E-state index in [4.69, 9.17) is 5.11 Å². The van der Waals surface area contributed by atoms with Gasteiger partial charge in [0.05, 0.1) is 11.1 Å². The highest BCUT2D eigenvalue weighted by Crippen LogP contribution is 2.41. The fraction of sp³-hybridized carbons (Fsp3) is 0. The van der Waals surface area contributed by atoms with Crippen LogP contribution in [-0.2, 0) is 4.79 Å². The average molecular weight is 465 g/mol. The molecule has 0 unspecified atom stereocenters. The smallest absolute Gasteiger partial charge is 0.337 e. The molecule has 0 saturated heterocycles. The van der Waals surface area contributed by atoms with E-state index in [9.17, 15) is 9.59 Å². The van der Waals surface area contributed by atoms with Gasteiger partial charge >= 0.3 is 5.97 Å². The van der Waals surface area contributed by atoms with Crippen LogP contribution in [0.3, 0.4) is 0 Å². The van der Waals surface area contributed by atoms with Gasteiger partial charge in [0.1, 0.15) is 0 Å². The van der Waals surface area contributed by atoms with Crippen LogP contribution in [0.1, 0.15) is 15.9 Å².